The van der Waals surface area contributed by atoms with Gasteiger partial charge in [-0.1, -0.05) is 103 Å². The molecule has 41 heavy (non-hydrogen) atoms. The first kappa shape index (κ1) is 34.1. The molecule has 0 aromatic heterocycles. The first-order valence-electron chi connectivity index (χ1n) is 16.0. The van der Waals surface area contributed by atoms with Crippen LogP contribution < -0.4 is 0 Å². The average molecular weight is 626 g/mol. The van der Waals surface area contributed by atoms with Gasteiger partial charge < -0.3 is 0 Å². The van der Waals surface area contributed by atoms with Crippen LogP contribution in [0.4, 0.5) is 0 Å². The molecule has 4 fully saturated rings. The van der Waals surface area contributed by atoms with Crippen LogP contribution in [0.1, 0.15) is 80.1 Å². The molecule has 0 aromatic rings. The van der Waals surface area contributed by atoms with E-state index in [2.05, 4.69) is 116 Å². The summed E-state index contributed by atoms with van der Waals surface area (Å²) in [5.41, 5.74) is 0. The van der Waals surface area contributed by atoms with E-state index in [0.29, 0.717) is 0 Å². The fourth-order valence-corrected chi connectivity index (χ4v) is 8.12. The van der Waals surface area contributed by atoms with Gasteiger partial charge in [-0.05, 0) is 111 Å². The van der Waals surface area contributed by atoms with Crippen LogP contribution in [0, 0.1) is 109 Å². The van der Waals surface area contributed by atoms with Crippen molar-refractivity contribution in [2.75, 3.05) is 0 Å². The third kappa shape index (κ3) is 8.71. The van der Waals surface area contributed by atoms with Gasteiger partial charge in [-0.25, -0.2) is 0 Å². The Balaban J connectivity index is 0.000000173. The van der Waals surface area contributed by atoms with Crippen molar-refractivity contribution in [3.05, 3.63) is 110 Å². The van der Waals surface area contributed by atoms with Crippen LogP contribution in [0.2, 0.25) is 0 Å². The first-order chi connectivity index (χ1) is 19.7. The number of allylic oxidation sites excluding steroid dienone is 8. The Bertz CT molecular complexity index is 830. The number of fused-ring (bicyclic) bond motifs is 2. The summed E-state index contributed by atoms with van der Waals surface area (Å²) < 4.78 is 0. The molecule has 10 radical (unpaired) electrons. The normalized spacial score (nSPS) is 34.8. The molecule has 4 saturated carbocycles. The molecule has 0 bridgehead atoms. The van der Waals surface area contributed by atoms with E-state index in [1.807, 2.05) is 0 Å². The minimum atomic E-state index is -0.556. The van der Waals surface area contributed by atoms with Crippen LogP contribution in [0.25, 0.3) is 0 Å². The maximum atomic E-state index is 4.89. The van der Waals surface area contributed by atoms with Gasteiger partial charge in [0.1, 0.15) is 0 Å². The molecule has 0 amide bonds. The zero-order valence-electron chi connectivity index (χ0n) is 26.0. The zero-order valence-corrected chi connectivity index (χ0v) is 29.1. The van der Waals surface area contributed by atoms with Gasteiger partial charge in [0.2, 0.25) is 0 Å². The van der Waals surface area contributed by atoms with E-state index in [1.54, 1.807) is 11.8 Å². The molecule has 6 aliphatic carbocycles. The summed E-state index contributed by atoms with van der Waals surface area (Å²) in [5.74, 6) is 15.7. The predicted octanol–water partition coefficient (Wildman–Crippen LogP) is 11.3. The van der Waals surface area contributed by atoms with Crippen LogP contribution in [-0.2, 0) is 17.0 Å². The van der Waals surface area contributed by atoms with E-state index < -0.39 is 17.0 Å². The third-order valence-corrected chi connectivity index (χ3v) is 10.3. The Labute approximate surface area is 271 Å². The zero-order chi connectivity index (χ0) is 29.5. The van der Waals surface area contributed by atoms with Crippen molar-refractivity contribution in [1.82, 2.24) is 0 Å². The van der Waals surface area contributed by atoms with Crippen LogP contribution in [-0.4, -0.2) is 0 Å². The van der Waals surface area contributed by atoms with E-state index >= 15 is 0 Å². The van der Waals surface area contributed by atoms with Crippen molar-refractivity contribution in [3.63, 3.8) is 0 Å². The molecule has 0 aliphatic heterocycles. The molecule has 220 valence electrons. The van der Waals surface area contributed by atoms with Crippen molar-refractivity contribution in [1.29, 1.82) is 0 Å². The topological polar surface area (TPSA) is 0 Å². The van der Waals surface area contributed by atoms with Crippen LogP contribution in [0.15, 0.2) is 48.6 Å². The van der Waals surface area contributed by atoms with Gasteiger partial charge in [-0.2, -0.15) is 0 Å². The summed E-state index contributed by atoms with van der Waals surface area (Å²) in [6.07, 6.45) is 35.5. The second-order valence-electron chi connectivity index (χ2n) is 13.7. The molecule has 6 rings (SSSR count). The van der Waals surface area contributed by atoms with Crippen molar-refractivity contribution in [3.8, 4) is 0 Å². The number of rotatable bonds is 4. The summed E-state index contributed by atoms with van der Waals surface area (Å²) >= 11 is -0.556. The van der Waals surface area contributed by atoms with Crippen molar-refractivity contribution in [2.45, 2.75) is 80.1 Å². The molecule has 0 N–H and O–H groups in total. The van der Waals surface area contributed by atoms with E-state index in [4.69, 9.17) is 18.6 Å². The van der Waals surface area contributed by atoms with Crippen LogP contribution >= 0.6 is 18.6 Å². The predicted molar refractivity (Wildman–Crippen MR) is 175 cm³/mol. The summed E-state index contributed by atoms with van der Waals surface area (Å²) in [6, 6.07) is 0. The Hall–Kier alpha value is 0.254. The standard InChI is InChI=1S/2C19H25.2ClH.Ti/c2*1-13(2)16-10-8-14(3)12-19(16)18-11-9-15-6-4-5-7-17(15)18;;;/h2*4-7,9,11,13-14,16,19H,8,10,12H2,1-3H3;2*1H;/q;;;;+2/p-2/t2*14-,16+,19+;;;/m11.../s1. The Morgan fingerprint density at radius 2 is 0.951 bits per heavy atom. The van der Waals surface area contributed by atoms with Gasteiger partial charge in [0.15, 0.2) is 0 Å². The van der Waals surface area contributed by atoms with Gasteiger partial charge in [-0.15, -0.1) is 0 Å². The van der Waals surface area contributed by atoms with E-state index in [1.165, 1.54) is 62.2 Å². The van der Waals surface area contributed by atoms with Gasteiger partial charge in [0.25, 0.3) is 0 Å². The summed E-state index contributed by atoms with van der Waals surface area (Å²) in [7, 11) is 9.78. The fourth-order valence-electron chi connectivity index (χ4n) is 8.12. The molecule has 3 heteroatoms. The molecule has 0 aromatic carbocycles. The van der Waals surface area contributed by atoms with E-state index in [9.17, 15) is 0 Å². The number of hydrogen-bond acceptors (Lipinski definition) is 0. The molecule has 0 heterocycles. The molecule has 0 saturated heterocycles. The summed E-state index contributed by atoms with van der Waals surface area (Å²) in [4.78, 5) is 0. The molecule has 0 nitrogen and oxygen atoms in total. The molecule has 0 unspecified atom stereocenters. The molecule has 0 spiro atoms. The summed E-state index contributed by atoms with van der Waals surface area (Å²) in [5, 5.41) is 0. The quantitative estimate of drug-likeness (QED) is 0.273. The van der Waals surface area contributed by atoms with Crippen LogP contribution in [0.5, 0.6) is 0 Å². The average Bonchev–Trinajstić information content (AvgIpc) is 3.58. The van der Waals surface area contributed by atoms with Gasteiger partial charge >= 0.3 is 35.6 Å². The second-order valence-corrected chi connectivity index (χ2v) is 16.3. The molecule has 6 atom stereocenters. The summed E-state index contributed by atoms with van der Waals surface area (Å²) in [6.45, 7) is 14.5. The SMILES string of the molecule is CC(C)[C@@H]1CC[C@@H](C)C[C@@H]1[C]1[CH][CH][C]2C=CC=C[C]21.CC(C)[C@@H]1CC[C@@H](C)C[C@@H]1[C]1[CH][CH][C]2C=CC=C[C]21.[Cl][Ti][Cl]. The Morgan fingerprint density at radius 3 is 1.32 bits per heavy atom. The van der Waals surface area contributed by atoms with E-state index in [0.717, 1.165) is 47.3 Å². The van der Waals surface area contributed by atoms with Crippen molar-refractivity contribution < 1.29 is 17.0 Å². The van der Waals surface area contributed by atoms with Gasteiger partial charge in [0.05, 0.1) is 0 Å². The monoisotopic (exact) mass is 624 g/mol. The number of hydrogen-bond donors (Lipinski definition) is 0. The molecular formula is C38H50Cl2Ti. The van der Waals surface area contributed by atoms with E-state index in [-0.39, 0.29) is 0 Å². The Morgan fingerprint density at radius 1 is 0.585 bits per heavy atom. The van der Waals surface area contributed by atoms with Crippen LogP contribution in [0.3, 0.4) is 0 Å². The molecular weight excluding hydrogens is 575 g/mol. The fraction of sp³-hybridized carbons (Fsp3) is 0.526. The van der Waals surface area contributed by atoms with Crippen molar-refractivity contribution in [2.24, 2.45) is 47.3 Å². The van der Waals surface area contributed by atoms with Gasteiger partial charge in [0, 0.05) is 23.7 Å². The maximum absolute atomic E-state index is 4.89. The number of halogens is 2. The van der Waals surface area contributed by atoms with Gasteiger partial charge in [-0.3, -0.25) is 0 Å². The minimum absolute atomic E-state index is 0.556. The first-order valence-corrected chi connectivity index (χ1v) is 20.3. The molecule has 6 aliphatic rings. The second kappa shape index (κ2) is 16.5. The Kier molecular flexibility index (Phi) is 13.8. The van der Waals surface area contributed by atoms with Crippen molar-refractivity contribution >= 4 is 18.6 Å². The third-order valence-electron chi connectivity index (χ3n) is 10.3.